The Bertz CT molecular complexity index is 318. The fraction of sp³-hybridized carbons (Fsp3) is 0.750. The molecule has 5 heteroatoms. The summed E-state index contributed by atoms with van der Waals surface area (Å²) >= 11 is 0. The largest absolute Gasteiger partial charge is 0.467 e. The van der Waals surface area contributed by atoms with E-state index >= 15 is 0 Å². The smallest absolute Gasteiger partial charge is 0.328 e. The summed E-state index contributed by atoms with van der Waals surface area (Å²) in [4.78, 5) is 23.3. The second-order valence-electron chi connectivity index (χ2n) is 4.60. The molecule has 0 rings (SSSR count). The minimum absolute atomic E-state index is 0.0853. The Morgan fingerprint density at radius 1 is 1.18 bits per heavy atom. The van der Waals surface area contributed by atoms with Crippen LogP contribution in [0.4, 0.5) is 0 Å². The Morgan fingerprint density at radius 3 is 2.00 bits per heavy atom. The molecule has 0 aliphatic rings. The maximum Gasteiger partial charge on any atom is 0.328 e. The van der Waals surface area contributed by atoms with Crippen LogP contribution in [0, 0.1) is 29.1 Å². The van der Waals surface area contributed by atoms with Crippen molar-refractivity contribution in [3.63, 3.8) is 0 Å². The molecule has 0 radical (unpaired) electrons. The second-order valence-corrected chi connectivity index (χ2v) is 4.60. The summed E-state index contributed by atoms with van der Waals surface area (Å²) < 4.78 is 4.61. The van der Waals surface area contributed by atoms with Crippen LogP contribution >= 0.6 is 0 Å². The molecule has 0 aromatic heterocycles. The van der Waals surface area contributed by atoms with E-state index in [1.807, 2.05) is 6.07 Å². The Labute approximate surface area is 102 Å². The van der Waals surface area contributed by atoms with Gasteiger partial charge in [0, 0.05) is 0 Å². The highest BCUT2D eigenvalue weighted by Gasteiger charge is 2.29. The van der Waals surface area contributed by atoms with Crippen molar-refractivity contribution in [1.82, 2.24) is 5.32 Å². The molecule has 0 spiro atoms. The maximum atomic E-state index is 11.8. The van der Waals surface area contributed by atoms with Gasteiger partial charge in [0.2, 0.25) is 5.91 Å². The van der Waals surface area contributed by atoms with Crippen LogP contribution < -0.4 is 5.32 Å². The molecule has 0 aromatic carbocycles. The highest BCUT2D eigenvalue weighted by Crippen LogP contribution is 2.11. The predicted molar refractivity (Wildman–Crippen MR) is 62.7 cm³/mol. The van der Waals surface area contributed by atoms with Gasteiger partial charge in [-0.15, -0.1) is 0 Å². The molecular weight excluding hydrogens is 220 g/mol. The van der Waals surface area contributed by atoms with Crippen molar-refractivity contribution < 1.29 is 14.3 Å². The number of ether oxygens (including phenoxy) is 1. The van der Waals surface area contributed by atoms with Crippen molar-refractivity contribution in [1.29, 1.82) is 5.26 Å². The molecule has 0 bridgehead atoms. The molecule has 5 nitrogen and oxygen atoms in total. The van der Waals surface area contributed by atoms with Crippen LogP contribution in [0.1, 0.15) is 27.7 Å². The van der Waals surface area contributed by atoms with Crippen LogP contribution in [0.5, 0.6) is 0 Å². The third kappa shape index (κ3) is 4.43. The molecule has 0 heterocycles. The van der Waals surface area contributed by atoms with Gasteiger partial charge in [0.1, 0.15) is 12.0 Å². The Balaban J connectivity index is 4.73. The molecule has 1 amide bonds. The Hall–Kier alpha value is -1.57. The second kappa shape index (κ2) is 6.89. The van der Waals surface area contributed by atoms with E-state index in [1.54, 1.807) is 27.7 Å². The van der Waals surface area contributed by atoms with Crippen molar-refractivity contribution >= 4 is 11.9 Å². The van der Waals surface area contributed by atoms with E-state index in [1.165, 1.54) is 7.11 Å². The van der Waals surface area contributed by atoms with E-state index in [9.17, 15) is 9.59 Å². The number of amides is 1. The summed E-state index contributed by atoms with van der Waals surface area (Å²) in [6.07, 6.45) is 0. The highest BCUT2D eigenvalue weighted by molar-refractivity contribution is 5.87. The number of carbonyl (C=O) groups excluding carboxylic acids is 2. The van der Waals surface area contributed by atoms with E-state index in [4.69, 9.17) is 5.26 Å². The molecule has 0 fully saturated rings. The Morgan fingerprint density at radius 2 is 1.71 bits per heavy atom. The molecule has 0 aliphatic carbocycles. The summed E-state index contributed by atoms with van der Waals surface area (Å²) in [7, 11) is 1.27. The van der Waals surface area contributed by atoms with Crippen LogP contribution in [0.15, 0.2) is 0 Å². The van der Waals surface area contributed by atoms with E-state index < -0.39 is 23.8 Å². The summed E-state index contributed by atoms with van der Waals surface area (Å²) in [5.41, 5.74) is 0. The lowest BCUT2D eigenvalue weighted by Crippen LogP contribution is -2.47. The zero-order chi connectivity index (χ0) is 13.6. The van der Waals surface area contributed by atoms with Crippen molar-refractivity contribution in [2.45, 2.75) is 33.7 Å². The van der Waals surface area contributed by atoms with E-state index in [0.29, 0.717) is 0 Å². The first kappa shape index (κ1) is 15.4. The van der Waals surface area contributed by atoms with Gasteiger partial charge < -0.3 is 10.1 Å². The Kier molecular flexibility index (Phi) is 6.26. The first-order chi connectivity index (χ1) is 7.84. The molecule has 0 aromatic rings. The average molecular weight is 240 g/mol. The maximum absolute atomic E-state index is 11.8. The minimum atomic E-state index is -0.749. The minimum Gasteiger partial charge on any atom is -0.467 e. The number of methoxy groups -OCH3 is 1. The molecule has 96 valence electrons. The van der Waals surface area contributed by atoms with Gasteiger partial charge in [-0.25, -0.2) is 4.79 Å². The molecule has 0 saturated carbocycles. The average Bonchev–Trinajstić information content (AvgIpc) is 2.24. The van der Waals surface area contributed by atoms with E-state index in [0.717, 1.165) is 0 Å². The number of hydrogen-bond acceptors (Lipinski definition) is 4. The highest BCUT2D eigenvalue weighted by atomic mass is 16.5. The molecule has 0 saturated heterocycles. The van der Waals surface area contributed by atoms with E-state index in [2.05, 4.69) is 10.1 Å². The van der Waals surface area contributed by atoms with Crippen molar-refractivity contribution in [2.75, 3.05) is 7.11 Å². The monoisotopic (exact) mass is 240 g/mol. The van der Waals surface area contributed by atoms with Crippen LogP contribution in [-0.2, 0) is 14.3 Å². The zero-order valence-electron chi connectivity index (χ0n) is 11.0. The molecule has 2 atom stereocenters. The van der Waals surface area contributed by atoms with Gasteiger partial charge in [-0.3, -0.25) is 4.79 Å². The SMILES string of the molecule is COC(=O)C(NC(=O)C(C#N)C(C)C)C(C)C. The van der Waals surface area contributed by atoms with Gasteiger partial charge in [0.05, 0.1) is 13.2 Å². The first-order valence-corrected chi connectivity index (χ1v) is 5.62. The molecule has 2 unspecified atom stereocenters. The van der Waals surface area contributed by atoms with Gasteiger partial charge in [-0.2, -0.15) is 5.26 Å². The number of nitriles is 1. The van der Waals surface area contributed by atoms with Crippen LogP contribution in [0.25, 0.3) is 0 Å². The quantitative estimate of drug-likeness (QED) is 0.730. The summed E-state index contributed by atoms with van der Waals surface area (Å²) in [5.74, 6) is -1.84. The number of carbonyl (C=O) groups is 2. The lowest BCUT2D eigenvalue weighted by Gasteiger charge is -2.22. The van der Waals surface area contributed by atoms with Gasteiger partial charge in [-0.1, -0.05) is 27.7 Å². The topological polar surface area (TPSA) is 79.2 Å². The standard InChI is InChI=1S/C12H20N2O3/c1-7(2)9(6-13)11(15)14-10(8(3)4)12(16)17-5/h7-10H,1-5H3,(H,14,15). The number of nitrogens with zero attached hydrogens (tertiary/aromatic N) is 1. The zero-order valence-corrected chi connectivity index (χ0v) is 11.0. The van der Waals surface area contributed by atoms with Gasteiger partial charge in [-0.05, 0) is 11.8 Å². The van der Waals surface area contributed by atoms with Gasteiger partial charge in [0.25, 0.3) is 0 Å². The molecular formula is C12H20N2O3. The van der Waals surface area contributed by atoms with Gasteiger partial charge in [0.15, 0.2) is 0 Å². The van der Waals surface area contributed by atoms with Crippen LogP contribution in [0.3, 0.4) is 0 Å². The molecule has 17 heavy (non-hydrogen) atoms. The summed E-state index contributed by atoms with van der Waals surface area (Å²) in [5, 5.41) is 11.5. The number of nitrogens with one attached hydrogen (secondary N) is 1. The normalized spacial score (nSPS) is 14.0. The molecule has 1 N–H and O–H groups in total. The van der Waals surface area contributed by atoms with Crippen molar-refractivity contribution in [2.24, 2.45) is 17.8 Å². The number of rotatable bonds is 5. The number of esters is 1. The lowest BCUT2D eigenvalue weighted by molar-refractivity contribution is -0.146. The van der Waals surface area contributed by atoms with Crippen molar-refractivity contribution in [3.05, 3.63) is 0 Å². The first-order valence-electron chi connectivity index (χ1n) is 5.62. The summed E-state index contributed by atoms with van der Waals surface area (Å²) in [6, 6.07) is 1.23. The fourth-order valence-electron chi connectivity index (χ4n) is 1.38. The third-order valence-electron chi connectivity index (χ3n) is 2.51. The van der Waals surface area contributed by atoms with Crippen LogP contribution in [-0.4, -0.2) is 25.0 Å². The van der Waals surface area contributed by atoms with E-state index in [-0.39, 0.29) is 11.8 Å². The predicted octanol–water partition coefficient (Wildman–Crippen LogP) is 1.10. The van der Waals surface area contributed by atoms with Gasteiger partial charge >= 0.3 is 5.97 Å². The molecule has 0 aliphatic heterocycles. The third-order valence-corrected chi connectivity index (χ3v) is 2.51. The van der Waals surface area contributed by atoms with Crippen molar-refractivity contribution in [3.8, 4) is 6.07 Å². The van der Waals surface area contributed by atoms with Crippen LogP contribution in [0.2, 0.25) is 0 Å². The summed E-state index contributed by atoms with van der Waals surface area (Å²) in [6.45, 7) is 7.18. The fourth-order valence-corrected chi connectivity index (χ4v) is 1.38. The number of hydrogen-bond donors (Lipinski definition) is 1. The lowest BCUT2D eigenvalue weighted by atomic mass is 9.95.